The van der Waals surface area contributed by atoms with Gasteiger partial charge < -0.3 is 26.3 Å². The van der Waals surface area contributed by atoms with Gasteiger partial charge in [0, 0.05) is 30.2 Å². The number of carbonyl (C=O) groups excluding carboxylic acids is 1. The average molecular weight is 456 g/mol. The topological polar surface area (TPSA) is 141 Å². The van der Waals surface area contributed by atoms with Crippen LogP contribution in [0.5, 0.6) is 0 Å². The van der Waals surface area contributed by atoms with Crippen LogP contribution in [-0.2, 0) is 17.6 Å². The van der Waals surface area contributed by atoms with Crippen molar-refractivity contribution < 1.29 is 4.79 Å². The lowest BCUT2D eigenvalue weighted by Gasteiger charge is -2.12. The fraction of sp³-hybridized carbons (Fsp3) is 0.409. The highest BCUT2D eigenvalue weighted by atomic mass is 32.1. The van der Waals surface area contributed by atoms with E-state index < -0.39 is 0 Å². The van der Waals surface area contributed by atoms with Gasteiger partial charge in [0.1, 0.15) is 28.5 Å². The van der Waals surface area contributed by atoms with Gasteiger partial charge in [-0.15, -0.1) is 11.3 Å². The molecule has 0 radical (unpaired) electrons. The van der Waals surface area contributed by atoms with E-state index in [0.29, 0.717) is 17.1 Å². The molecular weight excluding hydrogens is 426 g/mol. The van der Waals surface area contributed by atoms with Gasteiger partial charge >= 0.3 is 0 Å². The molecule has 0 aromatic carbocycles. The standard InChI is InChI=1S/C16H16N6OS.C6H13NO/c17-6-8-5-10(15(23)22-13(8)18)21-14-12-9-3-1-2-4-11(9)24-16(12)20-7-19-14;1-3-4-5-7(2)6-8/h5-7,17H,1-4H2,(H3,18,22,23)(H,19,20,21);6H,3-5H2,1-2H3. The molecule has 10 heteroatoms. The Balaban J connectivity index is 0.000000312. The van der Waals surface area contributed by atoms with Gasteiger partial charge in [0.25, 0.3) is 5.56 Å². The molecule has 32 heavy (non-hydrogen) atoms. The number of nitrogens with two attached hydrogens (primary N) is 1. The van der Waals surface area contributed by atoms with Crippen LogP contribution in [0.15, 0.2) is 17.2 Å². The maximum Gasteiger partial charge on any atom is 0.273 e. The van der Waals surface area contributed by atoms with Crippen molar-refractivity contribution in [3.8, 4) is 0 Å². The first kappa shape index (κ1) is 23.4. The molecule has 0 spiro atoms. The minimum absolute atomic E-state index is 0.182. The lowest BCUT2D eigenvalue weighted by molar-refractivity contribution is -0.117. The molecule has 1 aliphatic carbocycles. The maximum atomic E-state index is 12.2. The number of thiophene rings is 1. The first-order valence-corrected chi connectivity index (χ1v) is 11.5. The van der Waals surface area contributed by atoms with Crippen molar-refractivity contribution >= 4 is 51.5 Å². The Bertz CT molecular complexity index is 1160. The zero-order chi connectivity index (χ0) is 23.1. The Morgan fingerprint density at radius 3 is 2.84 bits per heavy atom. The molecule has 0 saturated heterocycles. The van der Waals surface area contributed by atoms with Crippen LogP contribution in [0.4, 0.5) is 17.3 Å². The maximum absolute atomic E-state index is 12.2. The Labute approximate surface area is 190 Å². The number of rotatable bonds is 7. The minimum atomic E-state index is -0.339. The van der Waals surface area contributed by atoms with Gasteiger partial charge in [-0.25, -0.2) is 9.97 Å². The first-order valence-electron chi connectivity index (χ1n) is 10.7. The minimum Gasteiger partial charge on any atom is -0.385 e. The van der Waals surface area contributed by atoms with E-state index in [4.69, 9.17) is 11.1 Å². The largest absolute Gasteiger partial charge is 0.385 e. The summed E-state index contributed by atoms with van der Waals surface area (Å²) in [6.07, 6.45) is 10.2. The van der Waals surface area contributed by atoms with Crippen molar-refractivity contribution in [2.24, 2.45) is 0 Å². The van der Waals surface area contributed by atoms with Gasteiger partial charge in [0.2, 0.25) is 6.41 Å². The summed E-state index contributed by atoms with van der Waals surface area (Å²) >= 11 is 1.71. The summed E-state index contributed by atoms with van der Waals surface area (Å²) in [5.74, 6) is 0.812. The van der Waals surface area contributed by atoms with Crippen LogP contribution in [0.2, 0.25) is 0 Å². The Morgan fingerprint density at radius 1 is 1.34 bits per heavy atom. The number of pyridine rings is 1. The molecule has 5 N–H and O–H groups in total. The SMILES string of the molecule is CCCCN(C)C=O.N=Cc1cc(Nc2ncnc3sc4c(c23)CCCC4)c(=O)[nH]c1N. The van der Waals surface area contributed by atoms with Crippen LogP contribution in [0, 0.1) is 5.41 Å². The summed E-state index contributed by atoms with van der Waals surface area (Å²) in [5.41, 5.74) is 7.43. The molecule has 4 rings (SSSR count). The number of hydrogen-bond donors (Lipinski definition) is 4. The highest BCUT2D eigenvalue weighted by Gasteiger charge is 2.20. The normalized spacial score (nSPS) is 12.4. The van der Waals surface area contributed by atoms with E-state index in [1.54, 1.807) is 29.4 Å². The molecule has 3 aromatic rings. The zero-order valence-electron chi connectivity index (χ0n) is 18.4. The van der Waals surface area contributed by atoms with Crippen molar-refractivity contribution in [1.82, 2.24) is 19.9 Å². The molecule has 0 saturated carbocycles. The van der Waals surface area contributed by atoms with Crippen LogP contribution >= 0.6 is 11.3 Å². The second-order valence-electron chi connectivity index (χ2n) is 7.70. The Morgan fingerprint density at radius 2 is 2.12 bits per heavy atom. The fourth-order valence-corrected chi connectivity index (χ4v) is 4.77. The summed E-state index contributed by atoms with van der Waals surface area (Å²) < 4.78 is 0. The summed E-state index contributed by atoms with van der Waals surface area (Å²) in [4.78, 5) is 37.3. The average Bonchev–Trinajstić information content (AvgIpc) is 3.19. The quantitative estimate of drug-likeness (QED) is 0.318. The molecule has 9 nitrogen and oxygen atoms in total. The molecular formula is C22H29N7O2S. The number of aryl methyl sites for hydroxylation is 2. The van der Waals surface area contributed by atoms with E-state index in [2.05, 4.69) is 27.2 Å². The first-order chi connectivity index (χ1) is 15.5. The molecule has 3 heterocycles. The number of amides is 1. The molecule has 0 bridgehead atoms. The van der Waals surface area contributed by atoms with Crippen molar-refractivity contribution in [2.45, 2.75) is 45.4 Å². The molecule has 1 aliphatic rings. The molecule has 3 aromatic heterocycles. The third-order valence-corrected chi connectivity index (χ3v) is 6.51. The van der Waals surface area contributed by atoms with Gasteiger partial charge in [0.05, 0.1) is 5.39 Å². The number of carbonyl (C=O) groups is 1. The van der Waals surface area contributed by atoms with Crippen LogP contribution < -0.4 is 16.6 Å². The van der Waals surface area contributed by atoms with E-state index in [9.17, 15) is 9.59 Å². The lowest BCUT2D eigenvalue weighted by Crippen LogP contribution is -2.16. The van der Waals surface area contributed by atoms with Crippen molar-refractivity contribution in [2.75, 3.05) is 24.6 Å². The van der Waals surface area contributed by atoms with E-state index >= 15 is 0 Å². The van der Waals surface area contributed by atoms with Crippen LogP contribution in [0.3, 0.4) is 0 Å². The van der Waals surface area contributed by atoms with Crippen molar-refractivity contribution in [3.05, 3.63) is 38.8 Å². The molecule has 1 amide bonds. The number of fused-ring (bicyclic) bond motifs is 3. The second kappa shape index (κ2) is 10.9. The molecule has 0 unspecified atom stereocenters. The van der Waals surface area contributed by atoms with Crippen molar-refractivity contribution in [3.63, 3.8) is 0 Å². The molecule has 0 fully saturated rings. The van der Waals surface area contributed by atoms with Crippen LogP contribution in [-0.4, -0.2) is 46.1 Å². The smallest absolute Gasteiger partial charge is 0.273 e. The number of aromatic nitrogens is 3. The predicted molar refractivity (Wildman–Crippen MR) is 130 cm³/mol. The van der Waals surface area contributed by atoms with E-state index in [-0.39, 0.29) is 11.4 Å². The highest BCUT2D eigenvalue weighted by molar-refractivity contribution is 7.19. The van der Waals surface area contributed by atoms with Gasteiger partial charge in [-0.05, 0) is 43.7 Å². The predicted octanol–water partition coefficient (Wildman–Crippen LogP) is 3.46. The third-order valence-electron chi connectivity index (χ3n) is 5.31. The van der Waals surface area contributed by atoms with Gasteiger partial charge in [-0.1, -0.05) is 13.3 Å². The van der Waals surface area contributed by atoms with E-state index in [1.807, 2.05) is 0 Å². The van der Waals surface area contributed by atoms with Gasteiger partial charge in [-0.2, -0.15) is 0 Å². The zero-order valence-corrected chi connectivity index (χ0v) is 19.2. The fourth-order valence-electron chi connectivity index (χ4n) is 3.55. The number of nitrogen functional groups attached to an aromatic ring is 1. The number of hydrogen-bond acceptors (Lipinski definition) is 8. The Kier molecular flexibility index (Phi) is 7.93. The number of nitrogens with zero attached hydrogens (tertiary/aromatic N) is 3. The molecule has 170 valence electrons. The summed E-state index contributed by atoms with van der Waals surface area (Å²) in [7, 11) is 1.79. The number of aromatic amines is 1. The van der Waals surface area contributed by atoms with Crippen LogP contribution in [0.1, 0.15) is 48.6 Å². The van der Waals surface area contributed by atoms with E-state index in [1.165, 1.54) is 23.2 Å². The summed E-state index contributed by atoms with van der Waals surface area (Å²) in [5, 5.41) is 11.5. The number of nitrogens with one attached hydrogen (secondary N) is 3. The highest BCUT2D eigenvalue weighted by Crippen LogP contribution is 2.38. The molecule has 0 aliphatic heterocycles. The van der Waals surface area contributed by atoms with E-state index in [0.717, 1.165) is 61.5 Å². The third kappa shape index (κ3) is 5.31. The number of H-pyrrole nitrogens is 1. The van der Waals surface area contributed by atoms with Crippen molar-refractivity contribution in [1.29, 1.82) is 5.41 Å². The second-order valence-corrected chi connectivity index (χ2v) is 8.79. The lowest BCUT2D eigenvalue weighted by atomic mass is 9.97. The van der Waals surface area contributed by atoms with Gasteiger partial charge in [0.15, 0.2) is 0 Å². The monoisotopic (exact) mass is 455 g/mol. The number of unbranched alkanes of at least 4 members (excludes halogenated alkanes) is 1. The molecule has 0 atom stereocenters. The van der Waals surface area contributed by atoms with Crippen LogP contribution in [0.25, 0.3) is 10.2 Å². The van der Waals surface area contributed by atoms with Gasteiger partial charge in [-0.3, -0.25) is 9.59 Å². The number of anilines is 3. The Hall–Kier alpha value is -3.27. The summed E-state index contributed by atoms with van der Waals surface area (Å²) in [6.45, 7) is 3.00. The summed E-state index contributed by atoms with van der Waals surface area (Å²) in [6, 6.07) is 1.56.